The summed E-state index contributed by atoms with van der Waals surface area (Å²) in [6.45, 7) is 9.56. The number of rotatable bonds is 8. The Hall–Kier alpha value is -0.870. The molecule has 1 aliphatic rings. The third-order valence-corrected chi connectivity index (χ3v) is 4.61. The van der Waals surface area contributed by atoms with Crippen LogP contribution in [0.2, 0.25) is 0 Å². The van der Waals surface area contributed by atoms with E-state index < -0.39 is 0 Å². The van der Waals surface area contributed by atoms with Gasteiger partial charge in [0, 0.05) is 25.3 Å². The van der Waals surface area contributed by atoms with Gasteiger partial charge in [-0.05, 0) is 18.3 Å². The molecule has 1 aromatic rings. The van der Waals surface area contributed by atoms with Crippen LogP contribution in [0.5, 0.6) is 0 Å². The fraction of sp³-hybridized carbons (Fsp3) is 0.824. The highest BCUT2D eigenvalue weighted by molar-refractivity contribution is 5.07. The normalized spacial score (nSPS) is 20.9. The number of nitrogens with zero attached hydrogens (tertiary/aromatic N) is 2. The highest BCUT2D eigenvalue weighted by Crippen LogP contribution is 2.30. The summed E-state index contributed by atoms with van der Waals surface area (Å²) < 4.78 is 7.73. The maximum atomic E-state index is 6.45. The van der Waals surface area contributed by atoms with Gasteiger partial charge in [-0.2, -0.15) is 0 Å². The first-order valence-corrected chi connectivity index (χ1v) is 8.37. The Kier molecular flexibility index (Phi) is 5.82. The van der Waals surface area contributed by atoms with E-state index in [-0.39, 0.29) is 11.5 Å². The van der Waals surface area contributed by atoms with Crippen molar-refractivity contribution in [1.82, 2.24) is 9.55 Å². The van der Waals surface area contributed by atoms with Crippen molar-refractivity contribution in [2.75, 3.05) is 13.2 Å². The summed E-state index contributed by atoms with van der Waals surface area (Å²) in [5.41, 5.74) is 7.89. The van der Waals surface area contributed by atoms with Crippen molar-refractivity contribution in [2.24, 2.45) is 17.1 Å². The number of aromatic nitrogens is 2. The zero-order valence-corrected chi connectivity index (χ0v) is 13.8. The van der Waals surface area contributed by atoms with Gasteiger partial charge >= 0.3 is 0 Å². The summed E-state index contributed by atoms with van der Waals surface area (Å²) in [5.74, 6) is 0.434. The Labute approximate surface area is 129 Å². The fourth-order valence-electron chi connectivity index (χ4n) is 3.21. The van der Waals surface area contributed by atoms with E-state index in [9.17, 15) is 0 Å². The predicted molar refractivity (Wildman–Crippen MR) is 86.0 cm³/mol. The topological polar surface area (TPSA) is 53.1 Å². The first-order valence-electron chi connectivity index (χ1n) is 8.37. The molecule has 0 aliphatic carbocycles. The molecule has 1 fully saturated rings. The molecule has 1 saturated heterocycles. The average Bonchev–Trinajstić information content (AvgIpc) is 3.08. The van der Waals surface area contributed by atoms with Crippen LogP contribution < -0.4 is 5.73 Å². The number of imidazole rings is 1. The van der Waals surface area contributed by atoms with Crippen LogP contribution >= 0.6 is 0 Å². The third kappa shape index (κ3) is 4.55. The first-order chi connectivity index (χ1) is 10.0. The van der Waals surface area contributed by atoms with Gasteiger partial charge in [-0.15, -0.1) is 0 Å². The largest absolute Gasteiger partial charge is 0.381 e. The average molecular weight is 293 g/mol. The van der Waals surface area contributed by atoms with Crippen LogP contribution in [-0.4, -0.2) is 22.8 Å². The zero-order chi connectivity index (χ0) is 15.3. The van der Waals surface area contributed by atoms with Crippen molar-refractivity contribution < 1.29 is 4.74 Å². The minimum Gasteiger partial charge on any atom is -0.381 e. The van der Waals surface area contributed by atoms with Crippen molar-refractivity contribution in [2.45, 2.75) is 65.5 Å². The summed E-state index contributed by atoms with van der Waals surface area (Å²) in [5, 5.41) is 0. The lowest BCUT2D eigenvalue weighted by Crippen LogP contribution is -2.27. The highest BCUT2D eigenvalue weighted by atomic mass is 16.5. The fourth-order valence-corrected chi connectivity index (χ4v) is 3.21. The van der Waals surface area contributed by atoms with Gasteiger partial charge in [0.15, 0.2) is 0 Å². The molecule has 2 heterocycles. The minimum absolute atomic E-state index is 0.0430. The number of unbranched alkanes of at least 4 members (excludes halogenated alkanes) is 2. The van der Waals surface area contributed by atoms with Crippen LogP contribution in [0.1, 0.15) is 64.6 Å². The van der Waals surface area contributed by atoms with Gasteiger partial charge in [-0.1, -0.05) is 40.0 Å². The van der Waals surface area contributed by atoms with Crippen molar-refractivity contribution >= 4 is 0 Å². The Morgan fingerprint density at radius 3 is 2.95 bits per heavy atom. The summed E-state index contributed by atoms with van der Waals surface area (Å²) in [6.07, 6.45) is 10.1. The van der Waals surface area contributed by atoms with E-state index in [0.29, 0.717) is 5.92 Å². The van der Waals surface area contributed by atoms with Crippen LogP contribution in [0.4, 0.5) is 0 Å². The van der Waals surface area contributed by atoms with E-state index in [0.717, 1.165) is 31.9 Å². The molecule has 0 saturated carbocycles. The molecule has 0 amide bonds. The number of ether oxygens (including phenoxy) is 1. The summed E-state index contributed by atoms with van der Waals surface area (Å²) in [4.78, 5) is 4.34. The van der Waals surface area contributed by atoms with Crippen molar-refractivity contribution in [3.63, 3.8) is 0 Å². The van der Waals surface area contributed by atoms with E-state index in [1.807, 2.05) is 12.5 Å². The van der Waals surface area contributed by atoms with Gasteiger partial charge in [0.2, 0.25) is 0 Å². The Morgan fingerprint density at radius 1 is 1.48 bits per heavy atom. The van der Waals surface area contributed by atoms with Crippen LogP contribution in [0.15, 0.2) is 12.5 Å². The van der Waals surface area contributed by atoms with Crippen LogP contribution in [0.25, 0.3) is 0 Å². The molecule has 0 bridgehead atoms. The summed E-state index contributed by atoms with van der Waals surface area (Å²) in [6, 6.07) is 0.0430. The molecule has 2 rings (SSSR count). The molecule has 2 atom stereocenters. The molecule has 2 N–H and O–H groups in total. The maximum absolute atomic E-state index is 6.45. The molecule has 4 nitrogen and oxygen atoms in total. The van der Waals surface area contributed by atoms with Crippen molar-refractivity contribution in [3.05, 3.63) is 18.2 Å². The van der Waals surface area contributed by atoms with Gasteiger partial charge in [0.05, 0.1) is 24.7 Å². The predicted octanol–water partition coefficient (Wildman–Crippen LogP) is 3.53. The van der Waals surface area contributed by atoms with Crippen LogP contribution in [0, 0.1) is 11.3 Å². The number of hydrogen-bond acceptors (Lipinski definition) is 3. The lowest BCUT2D eigenvalue weighted by molar-refractivity contribution is 0.179. The lowest BCUT2D eigenvalue weighted by atomic mass is 9.86. The van der Waals surface area contributed by atoms with E-state index in [2.05, 4.69) is 30.3 Å². The van der Waals surface area contributed by atoms with E-state index in [1.54, 1.807) is 0 Å². The Balaban J connectivity index is 1.98. The second kappa shape index (κ2) is 7.41. The minimum atomic E-state index is 0.0430. The van der Waals surface area contributed by atoms with Gasteiger partial charge < -0.3 is 15.0 Å². The quantitative estimate of drug-likeness (QED) is 0.746. The van der Waals surface area contributed by atoms with E-state index >= 15 is 0 Å². The van der Waals surface area contributed by atoms with Gasteiger partial charge in [0.1, 0.15) is 0 Å². The molecule has 0 aromatic carbocycles. The first kappa shape index (κ1) is 16.5. The molecule has 1 aromatic heterocycles. The molecular weight excluding hydrogens is 262 g/mol. The highest BCUT2D eigenvalue weighted by Gasteiger charge is 2.27. The molecule has 2 unspecified atom stereocenters. The summed E-state index contributed by atoms with van der Waals surface area (Å²) >= 11 is 0. The molecule has 4 heteroatoms. The van der Waals surface area contributed by atoms with Gasteiger partial charge in [-0.25, -0.2) is 4.98 Å². The van der Waals surface area contributed by atoms with Crippen molar-refractivity contribution in [1.29, 1.82) is 0 Å². The lowest BCUT2D eigenvalue weighted by Gasteiger charge is -2.28. The van der Waals surface area contributed by atoms with E-state index in [1.165, 1.54) is 25.7 Å². The molecular formula is C17H31N3O. The second-order valence-corrected chi connectivity index (χ2v) is 7.22. The smallest absolute Gasteiger partial charge is 0.0948 e. The van der Waals surface area contributed by atoms with Gasteiger partial charge in [-0.3, -0.25) is 0 Å². The van der Waals surface area contributed by atoms with Crippen LogP contribution in [-0.2, 0) is 11.3 Å². The summed E-state index contributed by atoms with van der Waals surface area (Å²) in [7, 11) is 0. The van der Waals surface area contributed by atoms with Crippen LogP contribution in [0.3, 0.4) is 0 Å². The maximum Gasteiger partial charge on any atom is 0.0948 e. The molecule has 0 spiro atoms. The third-order valence-electron chi connectivity index (χ3n) is 4.61. The standard InChI is InChI=1S/C17H31N3O/c1-4-5-6-8-17(2,3)12-20-13-19-10-15(20)16(18)14-7-9-21-11-14/h10,13-14,16H,4-9,11-12,18H2,1-3H3. The monoisotopic (exact) mass is 293 g/mol. The molecule has 0 radical (unpaired) electrons. The number of nitrogens with two attached hydrogens (primary N) is 1. The SMILES string of the molecule is CCCCCC(C)(C)Cn1cncc1C(N)C1CCOC1. The Bertz CT molecular complexity index is 421. The molecule has 21 heavy (non-hydrogen) atoms. The molecule has 1 aliphatic heterocycles. The zero-order valence-electron chi connectivity index (χ0n) is 13.8. The van der Waals surface area contributed by atoms with Gasteiger partial charge in [0.25, 0.3) is 0 Å². The second-order valence-electron chi connectivity index (χ2n) is 7.22. The Morgan fingerprint density at radius 2 is 2.29 bits per heavy atom. The number of hydrogen-bond donors (Lipinski definition) is 1. The molecule has 120 valence electrons. The van der Waals surface area contributed by atoms with E-state index in [4.69, 9.17) is 10.5 Å². The van der Waals surface area contributed by atoms with Crippen molar-refractivity contribution in [3.8, 4) is 0 Å².